The van der Waals surface area contributed by atoms with Crippen LogP contribution in [0.5, 0.6) is 0 Å². The summed E-state index contributed by atoms with van der Waals surface area (Å²) in [5.41, 5.74) is -0.146. The fourth-order valence-corrected chi connectivity index (χ4v) is 3.41. The van der Waals surface area contributed by atoms with Crippen molar-refractivity contribution in [1.82, 2.24) is 0 Å². The molecule has 4 nitrogen and oxygen atoms in total. The molecule has 0 aliphatic heterocycles. The second-order valence-electron chi connectivity index (χ2n) is 3.58. The average Bonchev–Trinajstić information content (AvgIpc) is 2.38. The van der Waals surface area contributed by atoms with Crippen molar-refractivity contribution in [2.75, 3.05) is 13.2 Å². The third-order valence-corrected chi connectivity index (χ3v) is 4.88. The SMILES string of the molecule is CCOP(=O)(OCC)C(F)(C#N)c1cccc(Cl)c1. The summed E-state index contributed by atoms with van der Waals surface area (Å²) in [6.45, 7) is 3.01. The van der Waals surface area contributed by atoms with E-state index in [1.807, 2.05) is 0 Å². The van der Waals surface area contributed by atoms with Crippen LogP contribution in [0.15, 0.2) is 24.3 Å². The van der Waals surface area contributed by atoms with Crippen LogP contribution < -0.4 is 0 Å². The van der Waals surface area contributed by atoms with Gasteiger partial charge in [-0.15, -0.1) is 0 Å². The van der Waals surface area contributed by atoms with E-state index in [4.69, 9.17) is 25.9 Å². The molecule has 0 saturated carbocycles. The summed E-state index contributed by atoms with van der Waals surface area (Å²) < 4.78 is 37.2. The van der Waals surface area contributed by atoms with E-state index in [1.54, 1.807) is 13.8 Å². The van der Waals surface area contributed by atoms with Crippen molar-refractivity contribution in [2.45, 2.75) is 19.3 Å². The Morgan fingerprint density at radius 2 is 2.00 bits per heavy atom. The van der Waals surface area contributed by atoms with Gasteiger partial charge in [0.05, 0.1) is 13.2 Å². The molecular formula is C12H14ClFNO3P. The largest absolute Gasteiger partial charge is 0.386 e. The topological polar surface area (TPSA) is 59.3 Å². The zero-order valence-corrected chi connectivity index (χ0v) is 12.2. The van der Waals surface area contributed by atoms with Gasteiger partial charge in [0.2, 0.25) is 0 Å². The Morgan fingerprint density at radius 3 is 2.42 bits per heavy atom. The highest BCUT2D eigenvalue weighted by molar-refractivity contribution is 7.55. The second kappa shape index (κ2) is 6.49. The number of nitriles is 1. The smallest absolute Gasteiger partial charge is 0.306 e. The zero-order chi connectivity index (χ0) is 14.5. The Labute approximate surface area is 116 Å². The van der Waals surface area contributed by atoms with Crippen LogP contribution >= 0.6 is 19.2 Å². The normalized spacial score (nSPS) is 14.7. The molecule has 0 bridgehead atoms. The first-order valence-corrected chi connectivity index (χ1v) is 7.61. The quantitative estimate of drug-likeness (QED) is 0.737. The van der Waals surface area contributed by atoms with Gasteiger partial charge in [0.15, 0.2) is 0 Å². The zero-order valence-electron chi connectivity index (χ0n) is 10.6. The van der Waals surface area contributed by atoms with E-state index in [0.29, 0.717) is 0 Å². The molecule has 1 atom stereocenters. The molecule has 1 unspecified atom stereocenters. The van der Waals surface area contributed by atoms with Crippen LogP contribution in [0.4, 0.5) is 4.39 Å². The van der Waals surface area contributed by atoms with Crippen LogP contribution in [0.1, 0.15) is 19.4 Å². The number of halogens is 2. The average molecular weight is 306 g/mol. The van der Waals surface area contributed by atoms with Crippen molar-refractivity contribution in [1.29, 1.82) is 5.26 Å². The number of rotatable bonds is 6. The molecule has 0 aliphatic rings. The van der Waals surface area contributed by atoms with Gasteiger partial charge in [-0.2, -0.15) is 5.26 Å². The molecule has 0 amide bonds. The highest BCUT2D eigenvalue weighted by Crippen LogP contribution is 2.65. The summed E-state index contributed by atoms with van der Waals surface area (Å²) in [5, 5.41) is 6.46. The second-order valence-corrected chi connectivity index (χ2v) is 6.14. The Hall–Kier alpha value is -0.920. The molecule has 1 aromatic carbocycles. The van der Waals surface area contributed by atoms with E-state index >= 15 is 0 Å². The van der Waals surface area contributed by atoms with E-state index in [1.165, 1.54) is 30.3 Å². The molecule has 0 aliphatic carbocycles. The molecule has 1 rings (SSSR count). The predicted octanol–water partition coefficient (Wildman–Crippen LogP) is 4.25. The molecule has 1 aromatic rings. The summed E-state index contributed by atoms with van der Waals surface area (Å²) in [7, 11) is -4.27. The molecule has 0 aromatic heterocycles. The molecule has 0 heterocycles. The van der Waals surface area contributed by atoms with Gasteiger partial charge in [-0.25, -0.2) is 4.39 Å². The van der Waals surface area contributed by atoms with Crippen LogP contribution in [-0.2, 0) is 19.0 Å². The van der Waals surface area contributed by atoms with Crippen LogP contribution in [0.3, 0.4) is 0 Å². The molecule has 0 N–H and O–H groups in total. The lowest BCUT2D eigenvalue weighted by Gasteiger charge is -2.27. The number of benzene rings is 1. The maximum atomic E-state index is 14.9. The van der Waals surface area contributed by atoms with Gasteiger partial charge in [0.1, 0.15) is 6.07 Å². The van der Waals surface area contributed by atoms with Gasteiger partial charge in [-0.1, -0.05) is 23.7 Å². The molecule has 104 valence electrons. The van der Waals surface area contributed by atoms with Crippen molar-refractivity contribution in [3.63, 3.8) is 0 Å². The van der Waals surface area contributed by atoms with E-state index in [0.717, 1.165) is 0 Å². The lowest BCUT2D eigenvalue weighted by molar-refractivity contribution is 0.168. The molecular weight excluding hydrogens is 292 g/mol. The van der Waals surface area contributed by atoms with Crippen molar-refractivity contribution >= 4 is 19.2 Å². The molecule has 0 fully saturated rings. The maximum absolute atomic E-state index is 14.9. The molecule has 7 heteroatoms. The maximum Gasteiger partial charge on any atom is 0.386 e. The standard InChI is InChI=1S/C12H14ClFNO3P/c1-3-17-19(16,18-4-2)12(14,9-15)10-6-5-7-11(13)8-10/h5-8H,3-4H2,1-2H3. The Balaban J connectivity index is 3.36. The molecule has 0 saturated heterocycles. The van der Waals surface area contributed by atoms with E-state index in [-0.39, 0.29) is 23.8 Å². The lowest BCUT2D eigenvalue weighted by atomic mass is 10.1. The highest BCUT2D eigenvalue weighted by Gasteiger charge is 2.54. The molecule has 0 radical (unpaired) electrons. The van der Waals surface area contributed by atoms with Gasteiger partial charge in [-0.3, -0.25) is 4.57 Å². The van der Waals surface area contributed by atoms with Gasteiger partial charge in [-0.05, 0) is 26.0 Å². The van der Waals surface area contributed by atoms with Gasteiger partial charge < -0.3 is 9.05 Å². The van der Waals surface area contributed by atoms with Crippen LogP contribution in [0, 0.1) is 11.3 Å². The summed E-state index contributed by atoms with van der Waals surface area (Å²) >= 11 is 5.76. The molecule has 0 spiro atoms. The Morgan fingerprint density at radius 1 is 1.42 bits per heavy atom. The van der Waals surface area contributed by atoms with Crippen LogP contribution in [0.2, 0.25) is 5.02 Å². The number of hydrogen-bond donors (Lipinski definition) is 0. The summed E-state index contributed by atoms with van der Waals surface area (Å²) in [6.07, 6.45) is 0. The number of nitrogens with zero attached hydrogens (tertiary/aromatic N) is 1. The summed E-state index contributed by atoms with van der Waals surface area (Å²) in [4.78, 5) is 0. The predicted molar refractivity (Wildman–Crippen MR) is 70.7 cm³/mol. The minimum absolute atomic E-state index is 0.0365. The minimum atomic E-state index is -4.27. The number of hydrogen-bond acceptors (Lipinski definition) is 4. The summed E-state index contributed by atoms with van der Waals surface area (Å²) in [5.74, 6) is 0. The first kappa shape index (κ1) is 16.1. The van der Waals surface area contributed by atoms with Gasteiger partial charge in [0.25, 0.3) is 0 Å². The van der Waals surface area contributed by atoms with Crippen LogP contribution in [-0.4, -0.2) is 13.2 Å². The first-order chi connectivity index (χ1) is 8.93. The van der Waals surface area contributed by atoms with E-state index in [9.17, 15) is 8.96 Å². The lowest BCUT2D eigenvalue weighted by Crippen LogP contribution is -2.21. The van der Waals surface area contributed by atoms with Crippen molar-refractivity contribution < 1.29 is 18.0 Å². The van der Waals surface area contributed by atoms with Gasteiger partial charge >= 0.3 is 13.0 Å². The first-order valence-electron chi connectivity index (χ1n) is 5.69. The van der Waals surface area contributed by atoms with Crippen molar-refractivity contribution in [3.05, 3.63) is 34.9 Å². The Kier molecular flexibility index (Phi) is 5.51. The fraction of sp³-hybridized carbons (Fsp3) is 0.417. The number of alkyl halides is 1. The van der Waals surface area contributed by atoms with E-state index < -0.39 is 13.0 Å². The van der Waals surface area contributed by atoms with Crippen molar-refractivity contribution in [2.24, 2.45) is 0 Å². The Bertz CT molecular complexity index is 524. The van der Waals surface area contributed by atoms with Crippen molar-refractivity contribution in [3.8, 4) is 6.07 Å². The third kappa shape index (κ3) is 3.16. The minimum Gasteiger partial charge on any atom is -0.306 e. The van der Waals surface area contributed by atoms with Crippen LogP contribution in [0.25, 0.3) is 0 Å². The third-order valence-electron chi connectivity index (χ3n) is 2.33. The summed E-state index contributed by atoms with van der Waals surface area (Å²) in [6, 6.07) is 6.93. The molecule has 19 heavy (non-hydrogen) atoms. The van der Waals surface area contributed by atoms with E-state index in [2.05, 4.69) is 0 Å². The van der Waals surface area contributed by atoms with Gasteiger partial charge in [0, 0.05) is 10.6 Å². The monoisotopic (exact) mass is 305 g/mol. The fourth-order valence-electron chi connectivity index (χ4n) is 1.53. The highest BCUT2D eigenvalue weighted by atomic mass is 35.5.